The van der Waals surface area contributed by atoms with Crippen LogP contribution in [0.25, 0.3) is 0 Å². The Morgan fingerprint density at radius 2 is 1.69 bits per heavy atom. The van der Waals surface area contributed by atoms with Crippen LogP contribution in [0, 0.1) is 0 Å². The van der Waals surface area contributed by atoms with Gasteiger partial charge >= 0.3 is 12.4 Å². The van der Waals surface area contributed by atoms with Crippen LogP contribution < -0.4 is 11.2 Å². The molecule has 26 heavy (non-hydrogen) atoms. The first-order valence-corrected chi connectivity index (χ1v) is 7.70. The summed E-state index contributed by atoms with van der Waals surface area (Å²) in [5, 5.41) is 7.27. The van der Waals surface area contributed by atoms with Crippen LogP contribution in [0.1, 0.15) is 18.3 Å². The van der Waals surface area contributed by atoms with Gasteiger partial charge in [-0.05, 0) is 31.2 Å². The highest BCUT2D eigenvalue weighted by Crippen LogP contribution is 2.31. The fourth-order valence-corrected chi connectivity index (χ4v) is 2.52. The summed E-state index contributed by atoms with van der Waals surface area (Å²) < 4.78 is 75.4. The maximum absolute atomic E-state index is 12.6. The normalized spacial score (nSPS) is 13.5. The van der Waals surface area contributed by atoms with E-state index < -0.39 is 34.9 Å². The van der Waals surface area contributed by atoms with E-state index in [9.17, 15) is 31.1 Å². The van der Waals surface area contributed by atoms with E-state index in [1.54, 1.807) is 0 Å². The minimum Gasteiger partial charge on any atom is -0.335 e. The second-order valence-corrected chi connectivity index (χ2v) is 6.31. The Morgan fingerprint density at radius 3 is 2.15 bits per heavy atom. The number of nitrogens with two attached hydrogens (primary N) is 1. The number of amides is 1. The number of nitrogen functional groups attached to an aromatic ring is 1. The Balaban J connectivity index is 2.03. The third-order valence-electron chi connectivity index (χ3n) is 3.05. The van der Waals surface area contributed by atoms with Crippen LogP contribution >= 0.6 is 11.8 Å². The lowest BCUT2D eigenvalue weighted by Crippen LogP contribution is -2.25. The van der Waals surface area contributed by atoms with E-state index in [0.29, 0.717) is 11.8 Å². The molecule has 6 nitrogen and oxygen atoms in total. The summed E-state index contributed by atoms with van der Waals surface area (Å²) in [6.45, 7) is 1.37. The van der Waals surface area contributed by atoms with Gasteiger partial charge in [-0.1, -0.05) is 11.8 Å². The van der Waals surface area contributed by atoms with Gasteiger partial charge in [0.25, 0.3) is 5.82 Å². The molecule has 1 aromatic heterocycles. The molecule has 1 atom stereocenters. The number of carbonyl (C=O) groups excluding carboxylic acids is 1. The Kier molecular flexibility index (Phi) is 5.39. The van der Waals surface area contributed by atoms with Crippen molar-refractivity contribution in [1.29, 1.82) is 0 Å². The molecule has 0 aliphatic heterocycles. The Hall–Kier alpha value is -2.44. The molecular weight excluding hydrogens is 388 g/mol. The summed E-state index contributed by atoms with van der Waals surface area (Å²) in [7, 11) is 0. The third-order valence-corrected chi connectivity index (χ3v) is 4.11. The second-order valence-electron chi connectivity index (χ2n) is 5.00. The first-order valence-electron chi connectivity index (χ1n) is 6.82. The van der Waals surface area contributed by atoms with Crippen molar-refractivity contribution in [3.8, 4) is 0 Å². The lowest BCUT2D eigenvalue weighted by atomic mass is 10.2. The van der Waals surface area contributed by atoms with Crippen molar-refractivity contribution in [2.24, 2.45) is 0 Å². The van der Waals surface area contributed by atoms with Crippen molar-refractivity contribution in [2.45, 2.75) is 29.7 Å². The van der Waals surface area contributed by atoms with Crippen molar-refractivity contribution in [1.82, 2.24) is 14.9 Å². The molecule has 0 fully saturated rings. The number of carbonyl (C=O) groups is 1. The molecule has 1 heterocycles. The van der Waals surface area contributed by atoms with Gasteiger partial charge < -0.3 is 11.2 Å². The number of thioether (sulfide) groups is 1. The molecule has 0 unspecified atom stereocenters. The monoisotopic (exact) mass is 399 g/mol. The van der Waals surface area contributed by atoms with Gasteiger partial charge in [-0.3, -0.25) is 4.79 Å². The zero-order valence-electron chi connectivity index (χ0n) is 12.9. The van der Waals surface area contributed by atoms with Gasteiger partial charge in [-0.2, -0.15) is 26.3 Å². The van der Waals surface area contributed by atoms with E-state index in [1.807, 2.05) is 0 Å². The molecule has 0 radical (unpaired) electrons. The summed E-state index contributed by atoms with van der Waals surface area (Å²) >= 11 is 0.614. The Bertz CT molecular complexity index is 786. The molecule has 13 heteroatoms. The first-order chi connectivity index (χ1) is 11.9. The van der Waals surface area contributed by atoms with Crippen LogP contribution in [0.5, 0.6) is 0 Å². The summed E-state index contributed by atoms with van der Waals surface area (Å²) in [6, 6.07) is 3.70. The molecule has 3 N–H and O–H groups in total. The highest BCUT2D eigenvalue weighted by atomic mass is 32.2. The van der Waals surface area contributed by atoms with Crippen LogP contribution in [-0.4, -0.2) is 26.0 Å². The van der Waals surface area contributed by atoms with Gasteiger partial charge in [-0.25, -0.2) is 4.68 Å². The lowest BCUT2D eigenvalue weighted by Gasteiger charge is -2.12. The molecule has 0 saturated carbocycles. The van der Waals surface area contributed by atoms with Gasteiger partial charge in [0, 0.05) is 5.69 Å². The molecule has 1 aromatic carbocycles. The van der Waals surface area contributed by atoms with Crippen molar-refractivity contribution in [3.63, 3.8) is 0 Å². The Morgan fingerprint density at radius 1 is 1.12 bits per heavy atom. The minimum atomic E-state index is -4.80. The number of halogens is 6. The number of anilines is 1. The van der Waals surface area contributed by atoms with Gasteiger partial charge in [0.1, 0.15) is 0 Å². The van der Waals surface area contributed by atoms with E-state index in [4.69, 9.17) is 5.84 Å². The summed E-state index contributed by atoms with van der Waals surface area (Å²) in [6.07, 6.45) is -9.31. The predicted molar refractivity (Wildman–Crippen MR) is 80.6 cm³/mol. The lowest BCUT2D eigenvalue weighted by molar-refractivity contribution is -0.146. The molecule has 0 saturated heterocycles. The number of hydrogen-bond acceptors (Lipinski definition) is 5. The van der Waals surface area contributed by atoms with E-state index in [1.165, 1.54) is 6.92 Å². The zero-order chi connectivity index (χ0) is 19.7. The average molecular weight is 399 g/mol. The molecule has 0 spiro atoms. The highest BCUT2D eigenvalue weighted by Gasteiger charge is 2.38. The maximum atomic E-state index is 12.6. The Labute approximate surface area is 146 Å². The van der Waals surface area contributed by atoms with Gasteiger partial charge in [0.05, 0.1) is 10.8 Å². The number of nitrogens with one attached hydrogen (secondary N) is 1. The van der Waals surface area contributed by atoms with Crippen LogP contribution in [0.2, 0.25) is 0 Å². The molecule has 142 valence electrons. The number of rotatable bonds is 4. The van der Waals surface area contributed by atoms with Crippen LogP contribution in [0.3, 0.4) is 0 Å². The SMILES string of the molecule is C[C@@H](Sc1nnc(C(F)(F)F)n1N)C(=O)Nc1ccc(C(F)(F)F)cc1. The molecule has 2 aromatic rings. The zero-order valence-corrected chi connectivity index (χ0v) is 13.7. The fourth-order valence-electron chi connectivity index (χ4n) is 1.75. The maximum Gasteiger partial charge on any atom is 0.453 e. The quantitative estimate of drug-likeness (QED) is 0.469. The van der Waals surface area contributed by atoms with Crippen molar-refractivity contribution >= 4 is 23.4 Å². The van der Waals surface area contributed by atoms with E-state index in [2.05, 4.69) is 15.5 Å². The summed E-state index contributed by atoms with van der Waals surface area (Å²) in [5.74, 6) is 3.18. The smallest absolute Gasteiger partial charge is 0.335 e. The fraction of sp³-hybridized carbons (Fsp3) is 0.308. The van der Waals surface area contributed by atoms with Crippen LogP contribution in [-0.2, 0) is 17.1 Å². The molecule has 0 bridgehead atoms. The van der Waals surface area contributed by atoms with E-state index in [0.717, 1.165) is 24.3 Å². The number of nitrogens with zero attached hydrogens (tertiary/aromatic N) is 3. The number of alkyl halides is 6. The molecule has 1 amide bonds. The predicted octanol–water partition coefficient (Wildman–Crippen LogP) is 3.15. The van der Waals surface area contributed by atoms with Crippen LogP contribution in [0.15, 0.2) is 29.4 Å². The average Bonchev–Trinajstić information content (AvgIpc) is 2.88. The number of hydrogen-bond donors (Lipinski definition) is 2. The minimum absolute atomic E-state index is 0.0978. The standard InChI is InChI=1S/C13H11F6N5OS/c1-6(26-11-23-22-10(24(11)20)13(17,18)19)9(25)21-8-4-2-7(3-5-8)12(14,15)16/h2-6H,20H2,1H3,(H,21,25)/t6-/m1/s1. The van der Waals surface area contributed by atoms with Gasteiger partial charge in [0.2, 0.25) is 11.1 Å². The number of aromatic nitrogens is 3. The van der Waals surface area contributed by atoms with Crippen molar-refractivity contribution in [2.75, 3.05) is 11.2 Å². The largest absolute Gasteiger partial charge is 0.453 e. The van der Waals surface area contributed by atoms with Crippen molar-refractivity contribution < 1.29 is 31.1 Å². The molecule has 2 rings (SSSR count). The van der Waals surface area contributed by atoms with E-state index in [-0.39, 0.29) is 15.5 Å². The molecule has 0 aliphatic rings. The topological polar surface area (TPSA) is 85.8 Å². The van der Waals surface area contributed by atoms with Crippen LogP contribution in [0.4, 0.5) is 32.0 Å². The highest BCUT2D eigenvalue weighted by molar-refractivity contribution is 8.00. The first kappa shape index (κ1) is 19.9. The summed E-state index contributed by atoms with van der Waals surface area (Å²) in [5.41, 5.74) is -0.783. The summed E-state index contributed by atoms with van der Waals surface area (Å²) in [4.78, 5) is 12.0. The third kappa shape index (κ3) is 4.59. The second kappa shape index (κ2) is 7.05. The number of benzene rings is 1. The molecular formula is C13H11F6N5OS. The van der Waals surface area contributed by atoms with Gasteiger partial charge in [0.15, 0.2) is 0 Å². The van der Waals surface area contributed by atoms with Gasteiger partial charge in [-0.15, -0.1) is 10.2 Å². The van der Waals surface area contributed by atoms with E-state index >= 15 is 0 Å². The molecule has 0 aliphatic carbocycles. The van der Waals surface area contributed by atoms with Crippen molar-refractivity contribution in [3.05, 3.63) is 35.7 Å².